The van der Waals surface area contributed by atoms with Crippen molar-refractivity contribution in [2.24, 2.45) is 0 Å². The van der Waals surface area contributed by atoms with E-state index in [-0.39, 0.29) is 47.6 Å². The summed E-state index contributed by atoms with van der Waals surface area (Å²) >= 11 is 0. The van der Waals surface area contributed by atoms with E-state index in [1.807, 2.05) is 6.92 Å². The lowest BCUT2D eigenvalue weighted by Crippen LogP contribution is -1.98. The molecule has 0 rings (SSSR count). The Morgan fingerprint density at radius 2 is 0.618 bits per heavy atom. The molecule has 0 spiro atoms. The van der Waals surface area contributed by atoms with Crippen molar-refractivity contribution < 1.29 is 52.5 Å². The number of methoxy groups -OCH3 is 4. The van der Waals surface area contributed by atoms with Gasteiger partial charge < -0.3 is 33.3 Å². The SMILES string of the molecule is CC(C)=O.CC(C)=O.CCC(C)=O.COC(C)=O.COC(C)=O.COC(C)=O.COCC(C)=O. The highest BCUT2D eigenvalue weighted by Crippen LogP contribution is 1.71. The fourth-order valence-electron chi connectivity index (χ4n) is 0.203. The van der Waals surface area contributed by atoms with Crippen LogP contribution in [-0.2, 0) is 52.5 Å². The first-order chi connectivity index (χ1) is 15.3. The largest absolute Gasteiger partial charge is 0.469 e. The van der Waals surface area contributed by atoms with Crippen LogP contribution in [0.5, 0.6) is 0 Å². The Balaban J connectivity index is -0.0000000502. The second-order valence-electron chi connectivity index (χ2n) is 6.09. The zero-order chi connectivity index (χ0) is 29.3. The molecule has 0 fully saturated rings. The molecule has 0 aromatic heterocycles. The molecule has 0 N–H and O–H groups in total. The van der Waals surface area contributed by atoms with Gasteiger partial charge in [0.25, 0.3) is 0 Å². The standard InChI is InChI=1S/C4H8O2.C4H8O.3C3H6O2.2C3H6O/c1-4(5)3-6-2;1-3-4(2)5;3*1-3(4)5-2;2*1-3(2)4/h3H2,1-2H3;3H2,1-2H3;3*1-2H3;2*1-2H3. The van der Waals surface area contributed by atoms with Crippen LogP contribution >= 0.6 is 0 Å². The molecule has 34 heavy (non-hydrogen) atoms. The average Bonchev–Trinajstić information content (AvgIpc) is 2.68. The second kappa shape index (κ2) is 43.8. The van der Waals surface area contributed by atoms with Crippen molar-refractivity contribution in [2.75, 3.05) is 35.0 Å². The van der Waals surface area contributed by atoms with Crippen molar-refractivity contribution in [3.05, 3.63) is 0 Å². The van der Waals surface area contributed by atoms with Gasteiger partial charge in [-0.05, 0) is 41.5 Å². The Hall–Kier alpha value is -2.95. The van der Waals surface area contributed by atoms with Crippen LogP contribution in [0.15, 0.2) is 0 Å². The third-order valence-electron chi connectivity index (χ3n) is 1.71. The maximum absolute atomic E-state index is 9.92. The molecule has 0 unspecified atom stereocenters. The van der Waals surface area contributed by atoms with Gasteiger partial charge in [-0.2, -0.15) is 0 Å². The summed E-state index contributed by atoms with van der Waals surface area (Å²) in [6.07, 6.45) is 0.667. The number of rotatable bonds is 3. The highest BCUT2D eigenvalue weighted by atomic mass is 16.5. The van der Waals surface area contributed by atoms with E-state index in [9.17, 15) is 33.6 Å². The first kappa shape index (κ1) is 48.5. The summed E-state index contributed by atoms with van der Waals surface area (Å²) in [5.74, 6) is -0.0810. The van der Waals surface area contributed by atoms with Gasteiger partial charge in [0.1, 0.15) is 24.0 Å². The molecule has 0 bridgehead atoms. The predicted molar refractivity (Wildman–Crippen MR) is 129 cm³/mol. The molecule has 0 saturated heterocycles. The van der Waals surface area contributed by atoms with E-state index in [4.69, 9.17) is 0 Å². The lowest BCUT2D eigenvalue weighted by molar-refractivity contribution is -0.138. The van der Waals surface area contributed by atoms with Crippen LogP contribution in [0.2, 0.25) is 0 Å². The zero-order valence-electron chi connectivity index (χ0n) is 23.4. The van der Waals surface area contributed by atoms with E-state index in [1.165, 1.54) is 83.8 Å². The van der Waals surface area contributed by atoms with E-state index in [0.29, 0.717) is 6.42 Å². The van der Waals surface area contributed by atoms with Gasteiger partial charge in [0.2, 0.25) is 0 Å². The molecule has 0 aliphatic carbocycles. The van der Waals surface area contributed by atoms with Gasteiger partial charge in [0.15, 0.2) is 5.78 Å². The van der Waals surface area contributed by atoms with Crippen LogP contribution < -0.4 is 0 Å². The fourth-order valence-corrected chi connectivity index (χ4v) is 0.203. The summed E-state index contributed by atoms with van der Waals surface area (Å²) in [4.78, 5) is 67.4. The Kier molecular flexibility index (Phi) is 62.5. The highest BCUT2D eigenvalue weighted by Gasteiger charge is 1.83. The molecule has 0 aromatic rings. The van der Waals surface area contributed by atoms with E-state index in [1.54, 1.807) is 6.92 Å². The van der Waals surface area contributed by atoms with E-state index >= 15 is 0 Å². The van der Waals surface area contributed by atoms with Crippen LogP contribution in [-0.4, -0.2) is 76.1 Å². The van der Waals surface area contributed by atoms with E-state index in [2.05, 4.69) is 18.9 Å². The number of Topliss-reactive ketones (excluding diaryl/α,β-unsaturated/α-hetero) is 4. The summed E-state index contributed by atoms with van der Waals surface area (Å²) < 4.78 is 16.8. The molecule has 0 heterocycles. The minimum atomic E-state index is -0.245. The first-order valence-corrected chi connectivity index (χ1v) is 9.88. The van der Waals surface area contributed by atoms with Crippen LogP contribution in [0.3, 0.4) is 0 Å². The van der Waals surface area contributed by atoms with Gasteiger partial charge in [-0.1, -0.05) is 6.92 Å². The van der Waals surface area contributed by atoms with Gasteiger partial charge in [-0.25, -0.2) is 0 Å². The second-order valence-corrected chi connectivity index (χ2v) is 6.09. The molecular formula is C23H46O11. The summed E-state index contributed by atoms with van der Waals surface area (Å²) in [7, 11) is 5.55. The van der Waals surface area contributed by atoms with Gasteiger partial charge in [0, 0.05) is 34.3 Å². The van der Waals surface area contributed by atoms with E-state index < -0.39 is 0 Å². The van der Waals surface area contributed by atoms with Crippen LogP contribution in [0.4, 0.5) is 0 Å². The van der Waals surface area contributed by atoms with Crippen molar-refractivity contribution in [2.45, 2.75) is 75.7 Å². The number of carbonyl (C=O) groups excluding carboxylic acids is 7. The van der Waals surface area contributed by atoms with Crippen LogP contribution in [0.25, 0.3) is 0 Å². The third-order valence-corrected chi connectivity index (χ3v) is 1.71. The van der Waals surface area contributed by atoms with Crippen LogP contribution in [0.1, 0.15) is 75.7 Å². The molecule has 0 aliphatic rings. The van der Waals surface area contributed by atoms with Crippen molar-refractivity contribution in [1.82, 2.24) is 0 Å². The van der Waals surface area contributed by atoms with Crippen molar-refractivity contribution >= 4 is 41.0 Å². The molecule has 0 aliphatic heterocycles. The Labute approximate surface area is 204 Å². The highest BCUT2D eigenvalue weighted by molar-refractivity contribution is 5.76. The summed E-state index contributed by atoms with van der Waals surface area (Å²) in [5, 5.41) is 0. The molecule has 11 nitrogen and oxygen atoms in total. The summed E-state index contributed by atoms with van der Waals surface area (Å²) in [6.45, 7) is 15.4. The number of hydrogen-bond donors (Lipinski definition) is 0. The number of ether oxygens (including phenoxy) is 4. The normalized spacial score (nSPS) is 7.12. The average molecular weight is 499 g/mol. The fraction of sp³-hybridized carbons (Fsp3) is 0.696. The summed E-state index contributed by atoms with van der Waals surface area (Å²) in [5.41, 5.74) is 0. The Bertz CT molecular complexity index is 463. The minimum Gasteiger partial charge on any atom is -0.469 e. The Morgan fingerprint density at radius 3 is 0.618 bits per heavy atom. The summed E-state index contributed by atoms with van der Waals surface area (Å²) in [6, 6.07) is 0. The lowest BCUT2D eigenvalue weighted by atomic mass is 10.4. The minimum absolute atomic E-state index is 0.0671. The monoisotopic (exact) mass is 498 g/mol. The predicted octanol–water partition coefficient (Wildman–Crippen LogP) is 2.94. The molecular weight excluding hydrogens is 452 g/mol. The molecule has 0 amide bonds. The number of carbonyl (C=O) groups is 7. The van der Waals surface area contributed by atoms with Crippen molar-refractivity contribution in [3.63, 3.8) is 0 Å². The smallest absolute Gasteiger partial charge is 0.302 e. The molecule has 204 valence electrons. The molecule has 0 radical (unpaired) electrons. The van der Waals surface area contributed by atoms with Gasteiger partial charge in [-0.3, -0.25) is 19.2 Å². The maximum atomic E-state index is 9.92. The maximum Gasteiger partial charge on any atom is 0.302 e. The molecule has 0 saturated carbocycles. The molecule has 0 aromatic carbocycles. The lowest BCUT2D eigenvalue weighted by Gasteiger charge is -1.84. The van der Waals surface area contributed by atoms with Crippen LogP contribution in [0, 0.1) is 0 Å². The van der Waals surface area contributed by atoms with Crippen molar-refractivity contribution in [3.8, 4) is 0 Å². The van der Waals surface area contributed by atoms with Crippen molar-refractivity contribution in [1.29, 1.82) is 0 Å². The topological polar surface area (TPSA) is 156 Å². The van der Waals surface area contributed by atoms with Gasteiger partial charge in [0.05, 0.1) is 21.3 Å². The van der Waals surface area contributed by atoms with E-state index in [0.717, 1.165) is 0 Å². The van der Waals surface area contributed by atoms with Gasteiger partial charge >= 0.3 is 17.9 Å². The first-order valence-electron chi connectivity index (χ1n) is 9.88. The number of esters is 3. The number of hydrogen-bond acceptors (Lipinski definition) is 11. The molecule has 0 atom stereocenters. The van der Waals surface area contributed by atoms with Gasteiger partial charge in [-0.15, -0.1) is 0 Å². The zero-order valence-corrected chi connectivity index (χ0v) is 23.4. The molecule has 11 heteroatoms. The third kappa shape index (κ3) is 353. The Morgan fingerprint density at radius 1 is 0.471 bits per heavy atom. The quantitative estimate of drug-likeness (QED) is 0.416. The number of ketones is 4.